The first-order valence-corrected chi connectivity index (χ1v) is 13.1. The van der Waals surface area contributed by atoms with E-state index in [1.165, 1.54) is 6.20 Å². The number of imidazole rings is 1. The van der Waals surface area contributed by atoms with Crippen LogP contribution in [0.2, 0.25) is 0 Å². The van der Waals surface area contributed by atoms with Crippen molar-refractivity contribution in [3.63, 3.8) is 0 Å². The van der Waals surface area contributed by atoms with Gasteiger partial charge in [-0.15, -0.1) is 5.10 Å². The average molecular weight is 730 g/mol. The number of hydrogen-bond donors (Lipinski definition) is 4. The number of aliphatic carboxylic acids is 1. The molecule has 4 aromatic rings. The van der Waals surface area contributed by atoms with Crippen LogP contribution in [0.3, 0.4) is 0 Å². The van der Waals surface area contributed by atoms with Crippen molar-refractivity contribution in [3.8, 4) is 0 Å². The highest BCUT2D eigenvalue weighted by Crippen LogP contribution is 2.36. The van der Waals surface area contributed by atoms with E-state index in [2.05, 4.69) is 31.2 Å². The maximum atomic E-state index is 12.3. The third-order valence-electron chi connectivity index (χ3n) is 5.61. The van der Waals surface area contributed by atoms with Gasteiger partial charge in [-0.2, -0.15) is 39.5 Å². The quantitative estimate of drug-likeness (QED) is 0.157. The second kappa shape index (κ2) is 19.1. The maximum Gasteiger partial charge on any atom is 0.490 e. The topological polar surface area (TPSA) is 200 Å². The Hall–Kier alpha value is -6.03. The van der Waals surface area contributed by atoms with Gasteiger partial charge < -0.3 is 25.5 Å². The van der Waals surface area contributed by atoms with E-state index in [0.717, 1.165) is 30.9 Å². The van der Waals surface area contributed by atoms with Crippen molar-refractivity contribution in [2.45, 2.75) is 37.4 Å². The minimum atomic E-state index is -6.06. The first kappa shape index (κ1) is 42.0. The number of carboxylic acids is 1. The summed E-state index contributed by atoms with van der Waals surface area (Å²) in [6, 6.07) is 13.5. The van der Waals surface area contributed by atoms with Gasteiger partial charge in [0.2, 0.25) is 0 Å². The molecule has 4 aromatic heterocycles. The molecule has 5 rings (SSSR count). The van der Waals surface area contributed by atoms with Crippen LogP contribution in [0.25, 0.3) is 5.65 Å². The number of nitrogens with zero attached hydrogens (tertiary/aromatic N) is 6. The number of pyridine rings is 2. The predicted molar refractivity (Wildman–Crippen MR) is 152 cm³/mol. The first-order valence-electron chi connectivity index (χ1n) is 13.1. The van der Waals surface area contributed by atoms with Gasteiger partial charge in [-0.3, -0.25) is 24.4 Å². The standard InChI is InChI=1S/C21H19N7O.C2F6.C2HF3O2.2CH2O2/c29-21(15-5-3-10-22-13-15)25-18-14-28-19(24-18)8-9-20(26-28)27-12-4-7-17(27)16-6-1-2-11-23-16;3-1(4,5)2(6,7)8;3-2(4,5)1(6)7;2*2-1-3/h1-3,5-6,8-11,13-14,17H,4,7,12H2,(H,25,29);;(H,6,7);2*1H,(H,2,3). The summed E-state index contributed by atoms with van der Waals surface area (Å²) in [6.07, 6.45) is -8.37. The number of aromatic nitrogens is 5. The summed E-state index contributed by atoms with van der Waals surface area (Å²) >= 11 is 0. The van der Waals surface area contributed by atoms with E-state index in [0.29, 0.717) is 17.0 Å². The zero-order valence-electron chi connectivity index (χ0n) is 24.8. The van der Waals surface area contributed by atoms with Gasteiger partial charge in [-0.25, -0.2) is 14.3 Å². The van der Waals surface area contributed by atoms with Crippen LogP contribution >= 0.6 is 0 Å². The number of carbonyl (C=O) groups excluding carboxylic acids is 1. The molecular formula is C27H24F9N7O7. The third kappa shape index (κ3) is 13.6. The minimum absolute atomic E-state index is 0.217. The number of nitrogens with one attached hydrogen (secondary N) is 1. The van der Waals surface area contributed by atoms with Crippen LogP contribution in [0, 0.1) is 0 Å². The van der Waals surface area contributed by atoms with Crippen LogP contribution in [-0.4, -0.2) is 89.8 Å². The molecule has 1 aliphatic heterocycles. The molecule has 4 N–H and O–H groups in total. The number of fused-ring (bicyclic) bond motifs is 1. The van der Waals surface area contributed by atoms with E-state index < -0.39 is 24.5 Å². The fourth-order valence-corrected chi connectivity index (χ4v) is 3.69. The number of carbonyl (C=O) groups is 4. The van der Waals surface area contributed by atoms with Gasteiger partial charge in [-0.05, 0) is 49.2 Å². The monoisotopic (exact) mass is 729 g/mol. The highest BCUT2D eigenvalue weighted by Gasteiger charge is 2.58. The van der Waals surface area contributed by atoms with Crippen molar-refractivity contribution in [1.29, 1.82) is 0 Å². The van der Waals surface area contributed by atoms with Gasteiger partial charge >= 0.3 is 24.5 Å². The first-order chi connectivity index (χ1) is 23.3. The molecule has 14 nitrogen and oxygen atoms in total. The highest BCUT2D eigenvalue weighted by molar-refractivity contribution is 6.03. The summed E-state index contributed by atoms with van der Waals surface area (Å²) in [5.41, 5.74) is 2.21. The van der Waals surface area contributed by atoms with Crippen LogP contribution in [-0.2, 0) is 14.4 Å². The van der Waals surface area contributed by atoms with Gasteiger partial charge in [0, 0.05) is 25.1 Å². The molecule has 0 bridgehead atoms. The van der Waals surface area contributed by atoms with E-state index in [1.807, 2.05) is 30.5 Å². The third-order valence-corrected chi connectivity index (χ3v) is 5.61. The predicted octanol–water partition coefficient (Wildman–Crippen LogP) is 5.26. The molecule has 0 spiro atoms. The molecule has 0 aliphatic carbocycles. The molecule has 5 heterocycles. The normalized spacial score (nSPS) is 13.8. The second-order valence-corrected chi connectivity index (χ2v) is 8.93. The van der Waals surface area contributed by atoms with Crippen LogP contribution < -0.4 is 10.2 Å². The van der Waals surface area contributed by atoms with Gasteiger partial charge in [0.25, 0.3) is 18.9 Å². The highest BCUT2D eigenvalue weighted by atomic mass is 19.5. The van der Waals surface area contributed by atoms with Crippen molar-refractivity contribution < 1.29 is 74.0 Å². The van der Waals surface area contributed by atoms with Crippen LogP contribution in [0.4, 0.5) is 51.1 Å². The molecule has 1 atom stereocenters. The Morgan fingerprint density at radius 1 is 0.880 bits per heavy atom. The summed E-state index contributed by atoms with van der Waals surface area (Å²) in [4.78, 5) is 53.2. The van der Waals surface area contributed by atoms with Crippen molar-refractivity contribution in [2.24, 2.45) is 0 Å². The second-order valence-electron chi connectivity index (χ2n) is 8.93. The Bertz CT molecular complexity index is 1640. The van der Waals surface area contributed by atoms with Crippen LogP contribution in [0.5, 0.6) is 0 Å². The Morgan fingerprint density at radius 3 is 1.96 bits per heavy atom. The molecule has 0 aromatic carbocycles. The summed E-state index contributed by atoms with van der Waals surface area (Å²) in [5.74, 6) is -1.69. The zero-order chi connectivity index (χ0) is 38.1. The molecule has 1 unspecified atom stereocenters. The number of hydrogen-bond acceptors (Lipinski definition) is 9. The average Bonchev–Trinajstić information content (AvgIpc) is 3.69. The summed E-state index contributed by atoms with van der Waals surface area (Å²) in [5, 5.41) is 28.4. The van der Waals surface area contributed by atoms with Crippen molar-refractivity contribution in [1.82, 2.24) is 24.6 Å². The van der Waals surface area contributed by atoms with Crippen molar-refractivity contribution >= 4 is 42.1 Å². The van der Waals surface area contributed by atoms with Gasteiger partial charge in [-0.1, -0.05) is 6.07 Å². The maximum absolute atomic E-state index is 12.3. The van der Waals surface area contributed by atoms with Gasteiger partial charge in [0.1, 0.15) is 5.82 Å². The SMILES string of the molecule is FC(F)(F)C(F)(F)F.O=C(Nc1cn2nc(N3CCCC3c3ccccn3)ccc2n1)c1cccnc1.O=C(O)C(F)(F)F.O=CO.O=CO. The number of alkyl halides is 9. The summed E-state index contributed by atoms with van der Waals surface area (Å²) < 4.78 is 96.1. The molecule has 0 radical (unpaired) electrons. The molecule has 0 saturated carbocycles. The molecular weight excluding hydrogens is 705 g/mol. The molecule has 50 heavy (non-hydrogen) atoms. The van der Waals surface area contributed by atoms with E-state index in [4.69, 9.17) is 34.8 Å². The van der Waals surface area contributed by atoms with Crippen LogP contribution in [0.15, 0.2) is 67.3 Å². The fraction of sp³-hybridized carbons (Fsp3) is 0.259. The lowest BCUT2D eigenvalue weighted by molar-refractivity contribution is -0.339. The Labute approximate surface area is 273 Å². The van der Waals surface area contributed by atoms with Crippen molar-refractivity contribution in [2.75, 3.05) is 16.8 Å². The smallest absolute Gasteiger partial charge is 0.483 e. The van der Waals surface area contributed by atoms with E-state index in [1.54, 1.807) is 29.0 Å². The molecule has 1 aliphatic rings. The summed E-state index contributed by atoms with van der Waals surface area (Å²) in [7, 11) is 0. The van der Waals surface area contributed by atoms with Gasteiger partial charge in [0.15, 0.2) is 11.5 Å². The molecule has 1 saturated heterocycles. The lowest BCUT2D eigenvalue weighted by Crippen LogP contribution is -2.30. The molecule has 23 heteroatoms. The molecule has 1 fully saturated rings. The largest absolute Gasteiger partial charge is 0.490 e. The Balaban J connectivity index is 0.000000491. The minimum Gasteiger partial charge on any atom is -0.483 e. The lowest BCUT2D eigenvalue weighted by Gasteiger charge is -2.25. The number of amides is 1. The number of rotatable bonds is 4. The zero-order valence-corrected chi connectivity index (χ0v) is 24.8. The van der Waals surface area contributed by atoms with E-state index in [-0.39, 0.29) is 24.9 Å². The lowest BCUT2D eigenvalue weighted by atomic mass is 10.1. The number of anilines is 2. The van der Waals surface area contributed by atoms with Gasteiger partial charge in [0.05, 0.1) is 23.5 Å². The number of halogens is 9. The van der Waals surface area contributed by atoms with Crippen molar-refractivity contribution in [3.05, 3.63) is 78.5 Å². The number of carboxylic acid groups (broad SMARTS) is 3. The summed E-state index contributed by atoms with van der Waals surface area (Å²) in [6.45, 7) is 0.430. The Kier molecular flexibility index (Phi) is 16.0. The molecule has 1 amide bonds. The Morgan fingerprint density at radius 2 is 1.48 bits per heavy atom. The fourth-order valence-electron chi connectivity index (χ4n) is 3.69. The van der Waals surface area contributed by atoms with E-state index >= 15 is 0 Å². The van der Waals surface area contributed by atoms with E-state index in [9.17, 15) is 44.3 Å². The van der Waals surface area contributed by atoms with Crippen LogP contribution in [0.1, 0.15) is 34.9 Å². The molecule has 272 valence electrons.